The van der Waals surface area contributed by atoms with Gasteiger partial charge in [-0.25, -0.2) is 0 Å². The third kappa shape index (κ3) is 22.2. The highest BCUT2D eigenvalue weighted by Gasteiger charge is 2.10. The Morgan fingerprint density at radius 3 is 1.94 bits per heavy atom. The van der Waals surface area contributed by atoms with Crippen molar-refractivity contribution in [3.63, 3.8) is 0 Å². The van der Waals surface area contributed by atoms with Crippen molar-refractivity contribution in [3.05, 3.63) is 0 Å². The summed E-state index contributed by atoms with van der Waals surface area (Å²) in [5.74, 6) is 0. The number of alkyl halides is 2. The van der Waals surface area contributed by atoms with E-state index < -0.39 is 20.8 Å². The molecule has 0 radical (unpaired) electrons. The molecule has 0 amide bonds. The van der Waals surface area contributed by atoms with Crippen molar-refractivity contribution < 1.29 is 23.5 Å². The van der Waals surface area contributed by atoms with E-state index in [1.807, 2.05) is 6.92 Å². The van der Waals surface area contributed by atoms with E-state index in [1.165, 1.54) is 13.8 Å². The van der Waals surface area contributed by atoms with Crippen molar-refractivity contribution in [2.75, 3.05) is 6.61 Å². The van der Waals surface area contributed by atoms with Crippen molar-refractivity contribution in [2.24, 2.45) is 0 Å². The lowest BCUT2D eigenvalue weighted by atomic mass is 10.5. The molecule has 0 heterocycles. The zero-order valence-electron chi connectivity index (χ0n) is 11.4. The van der Waals surface area contributed by atoms with Crippen molar-refractivity contribution in [2.45, 2.75) is 56.9 Å². The molecule has 0 fully saturated rings. The minimum Gasteiger partial charge on any atom is -0.368 e. The van der Waals surface area contributed by atoms with Crippen LogP contribution in [0, 0.1) is 0 Å². The second-order valence-electron chi connectivity index (χ2n) is 3.78. The number of hydrogen-bond acceptors (Lipinski definition) is 5. The molecule has 0 aromatic rings. The van der Waals surface area contributed by atoms with Gasteiger partial charge in [-0.05, 0) is 13.8 Å². The fourth-order valence-electron chi connectivity index (χ4n) is 0.658. The monoisotopic (exact) mass is 412 g/mol. The Bertz CT molecular complexity index is 212. The number of hydrogen-bond donors (Lipinski definition) is 1. The van der Waals surface area contributed by atoms with Gasteiger partial charge in [0.05, 0.1) is 6.61 Å². The fourth-order valence-corrected chi connectivity index (χ4v) is 1.81. The zero-order valence-corrected chi connectivity index (χ0v) is 15.5. The summed E-state index contributed by atoms with van der Waals surface area (Å²) in [5, 5.41) is 8.81. The van der Waals surface area contributed by atoms with E-state index >= 15 is 0 Å². The Kier molecular flexibility index (Phi) is 15.4. The molecule has 0 aliphatic heterocycles. The first kappa shape index (κ1) is 21.3. The molecule has 5 nitrogen and oxygen atoms in total. The smallest absolute Gasteiger partial charge is 0.321 e. The lowest BCUT2D eigenvalue weighted by molar-refractivity contribution is -0.180. The van der Waals surface area contributed by atoms with Crippen LogP contribution in [0.25, 0.3) is 0 Å². The minimum absolute atomic E-state index is 0.119. The molecule has 0 saturated heterocycles. The van der Waals surface area contributed by atoms with E-state index in [0.717, 1.165) is 0 Å². The summed E-state index contributed by atoms with van der Waals surface area (Å²) < 4.78 is 25.6. The van der Waals surface area contributed by atoms with Gasteiger partial charge in [-0.2, -0.15) is 0 Å². The van der Waals surface area contributed by atoms with E-state index in [-0.39, 0.29) is 4.83 Å². The Morgan fingerprint density at radius 2 is 1.61 bits per heavy atom. The van der Waals surface area contributed by atoms with Gasteiger partial charge in [-0.15, -0.1) is 0 Å². The van der Waals surface area contributed by atoms with Gasteiger partial charge in [0.1, 0.15) is 0 Å². The van der Waals surface area contributed by atoms with E-state index in [2.05, 4.69) is 45.7 Å². The van der Waals surface area contributed by atoms with Crippen LogP contribution in [0.4, 0.5) is 0 Å². The third-order valence-electron chi connectivity index (χ3n) is 1.08. The van der Waals surface area contributed by atoms with Crippen molar-refractivity contribution in [1.29, 1.82) is 0 Å². The van der Waals surface area contributed by atoms with Gasteiger partial charge in [0.25, 0.3) is 0 Å². The Labute approximate surface area is 127 Å². The maximum absolute atomic E-state index is 11.1. The van der Waals surface area contributed by atoms with Gasteiger partial charge >= 0.3 is 8.25 Å². The fraction of sp³-hybridized carbons (Fsp3) is 1.00. The highest BCUT2D eigenvalue weighted by molar-refractivity contribution is 9.09. The number of rotatable bonds is 7. The third-order valence-corrected chi connectivity index (χ3v) is 2.27. The molecule has 0 aliphatic rings. The van der Waals surface area contributed by atoms with E-state index in [1.54, 1.807) is 0 Å². The van der Waals surface area contributed by atoms with E-state index in [9.17, 15) is 4.57 Å². The number of aliphatic hydroxyl groups is 1. The second kappa shape index (κ2) is 13.0. The highest BCUT2D eigenvalue weighted by atomic mass is 79.9. The quantitative estimate of drug-likeness (QED) is 0.391. The van der Waals surface area contributed by atoms with Crippen LogP contribution in [0.2, 0.25) is 0 Å². The molecule has 0 aliphatic carbocycles. The molecular formula is C10H23Br2O5P. The SMILES string of the molecule is CC(Br)CO[PH](=O)OC(C)OC(C)O.CC(C)Br. The maximum Gasteiger partial charge on any atom is 0.321 e. The molecule has 0 saturated carbocycles. The second-order valence-corrected chi connectivity index (χ2v) is 8.20. The summed E-state index contributed by atoms with van der Waals surface area (Å²) in [4.78, 5) is 0.764. The molecule has 18 heavy (non-hydrogen) atoms. The summed E-state index contributed by atoms with van der Waals surface area (Å²) in [5.41, 5.74) is 0. The van der Waals surface area contributed by atoms with Gasteiger partial charge in [0.2, 0.25) is 0 Å². The van der Waals surface area contributed by atoms with Crippen LogP contribution in [-0.4, -0.2) is 33.9 Å². The first-order chi connectivity index (χ1) is 8.15. The van der Waals surface area contributed by atoms with Gasteiger partial charge < -0.3 is 14.4 Å². The van der Waals surface area contributed by atoms with Crippen molar-refractivity contribution in [3.8, 4) is 0 Å². The standard InChI is InChI=1S/C7H16BrO5P.C3H7Br/c1-5(8)4-11-14(10)13-7(3)12-6(2)9;1-3(2)4/h5-7,9,14H,4H2,1-3H3;3H,1-2H3. The van der Waals surface area contributed by atoms with E-state index in [0.29, 0.717) is 11.4 Å². The summed E-state index contributed by atoms with van der Waals surface area (Å²) in [7, 11) is -2.55. The molecule has 4 unspecified atom stereocenters. The van der Waals surface area contributed by atoms with Crippen LogP contribution in [0.1, 0.15) is 34.6 Å². The normalized spacial score (nSPS) is 17.6. The Hall–Kier alpha value is 1.03. The van der Waals surface area contributed by atoms with Gasteiger partial charge in [0.15, 0.2) is 12.6 Å². The summed E-state index contributed by atoms with van der Waals surface area (Å²) in [6.07, 6.45) is -1.69. The predicted octanol–water partition coefficient (Wildman–Crippen LogP) is 3.68. The summed E-state index contributed by atoms with van der Waals surface area (Å²) in [6, 6.07) is 0. The molecule has 112 valence electrons. The Morgan fingerprint density at radius 1 is 1.17 bits per heavy atom. The molecular weight excluding hydrogens is 391 g/mol. The van der Waals surface area contributed by atoms with E-state index in [4.69, 9.17) is 18.9 Å². The van der Waals surface area contributed by atoms with Crippen LogP contribution in [0.3, 0.4) is 0 Å². The first-order valence-corrected chi connectivity index (χ1v) is 8.65. The van der Waals surface area contributed by atoms with Crippen LogP contribution < -0.4 is 0 Å². The molecule has 4 atom stereocenters. The van der Waals surface area contributed by atoms with Crippen molar-refractivity contribution in [1.82, 2.24) is 0 Å². The molecule has 8 heteroatoms. The lowest BCUT2D eigenvalue weighted by Crippen LogP contribution is -2.17. The number of aliphatic hydroxyl groups excluding tert-OH is 1. The Balaban J connectivity index is 0. The largest absolute Gasteiger partial charge is 0.368 e. The van der Waals surface area contributed by atoms with Crippen LogP contribution in [-0.2, 0) is 18.3 Å². The molecule has 0 bridgehead atoms. The first-order valence-electron chi connectivity index (χ1n) is 5.60. The minimum atomic E-state index is -2.55. The van der Waals surface area contributed by atoms with Gasteiger partial charge in [-0.1, -0.05) is 52.6 Å². The topological polar surface area (TPSA) is 65.0 Å². The zero-order chi connectivity index (χ0) is 14.7. The molecule has 0 spiro atoms. The maximum atomic E-state index is 11.1. The molecule has 0 aromatic carbocycles. The molecule has 0 aromatic heterocycles. The summed E-state index contributed by atoms with van der Waals surface area (Å²) >= 11 is 6.51. The highest BCUT2D eigenvalue weighted by Crippen LogP contribution is 2.27. The van der Waals surface area contributed by atoms with Gasteiger partial charge in [0, 0.05) is 9.65 Å². The average Bonchev–Trinajstić information content (AvgIpc) is 2.12. The van der Waals surface area contributed by atoms with Crippen molar-refractivity contribution >= 4 is 40.1 Å². The van der Waals surface area contributed by atoms with Gasteiger partial charge in [-0.3, -0.25) is 9.09 Å². The average molecular weight is 414 g/mol. The molecule has 0 rings (SSSR count). The van der Waals surface area contributed by atoms with Crippen LogP contribution in [0.5, 0.6) is 0 Å². The number of halogens is 2. The molecule has 1 N–H and O–H groups in total. The predicted molar refractivity (Wildman–Crippen MR) is 80.7 cm³/mol. The number of ether oxygens (including phenoxy) is 1. The summed E-state index contributed by atoms with van der Waals surface area (Å²) in [6.45, 7) is 9.32. The van der Waals surface area contributed by atoms with Crippen LogP contribution in [0.15, 0.2) is 0 Å². The van der Waals surface area contributed by atoms with Crippen LogP contribution >= 0.6 is 40.1 Å². The lowest BCUT2D eigenvalue weighted by Gasteiger charge is -2.15.